The molecule has 0 saturated carbocycles. The number of anilines is 1. The van der Waals surface area contributed by atoms with Gasteiger partial charge in [-0.1, -0.05) is 24.3 Å². The molecule has 132 valence electrons. The first-order valence-electron chi connectivity index (χ1n) is 8.60. The second-order valence-corrected chi connectivity index (χ2v) is 7.73. The average Bonchev–Trinajstić information content (AvgIpc) is 3.15. The van der Waals surface area contributed by atoms with Gasteiger partial charge in [0.25, 0.3) is 0 Å². The molecule has 3 aromatic rings. The number of amides is 2. The van der Waals surface area contributed by atoms with Gasteiger partial charge in [-0.05, 0) is 36.8 Å². The Bertz CT molecular complexity index is 949. The Hall–Kier alpha value is -2.60. The van der Waals surface area contributed by atoms with Gasteiger partial charge in [0.2, 0.25) is 11.8 Å². The van der Waals surface area contributed by atoms with Crippen molar-refractivity contribution < 1.29 is 9.59 Å². The van der Waals surface area contributed by atoms with Crippen molar-refractivity contribution in [1.82, 2.24) is 9.97 Å². The molecule has 1 fully saturated rings. The zero-order chi connectivity index (χ0) is 18.1. The molecule has 0 radical (unpaired) electrons. The standard InChI is InChI=1S/C20H19N3O2S/c1-13-5-4-6-14(11-13)23-19(24)12-17(20(23)25)26-10-9-18-21-15-7-2-3-8-16(15)22-18/h2-8,11,17H,9-10,12H2,1H3,(H,21,22). The lowest BCUT2D eigenvalue weighted by Crippen LogP contribution is -2.31. The molecule has 1 unspecified atom stereocenters. The van der Waals surface area contributed by atoms with Gasteiger partial charge in [0.15, 0.2) is 0 Å². The Balaban J connectivity index is 1.39. The van der Waals surface area contributed by atoms with E-state index in [0.717, 1.165) is 34.6 Å². The maximum absolute atomic E-state index is 12.7. The van der Waals surface area contributed by atoms with Crippen LogP contribution in [0.5, 0.6) is 0 Å². The van der Waals surface area contributed by atoms with E-state index in [9.17, 15) is 9.59 Å². The van der Waals surface area contributed by atoms with Gasteiger partial charge in [0, 0.05) is 18.6 Å². The van der Waals surface area contributed by atoms with Gasteiger partial charge in [-0.25, -0.2) is 9.88 Å². The van der Waals surface area contributed by atoms with Gasteiger partial charge in [0.05, 0.1) is 22.0 Å². The quantitative estimate of drug-likeness (QED) is 0.703. The number of rotatable bonds is 5. The molecule has 2 amide bonds. The number of H-pyrrole nitrogens is 1. The number of fused-ring (bicyclic) bond motifs is 1. The van der Waals surface area contributed by atoms with Gasteiger partial charge < -0.3 is 4.98 Å². The van der Waals surface area contributed by atoms with Crippen LogP contribution in [0.4, 0.5) is 5.69 Å². The third kappa shape index (κ3) is 3.24. The van der Waals surface area contributed by atoms with Crippen molar-refractivity contribution in [1.29, 1.82) is 0 Å². The largest absolute Gasteiger partial charge is 0.342 e. The Labute approximate surface area is 155 Å². The van der Waals surface area contributed by atoms with Crippen LogP contribution in [0, 0.1) is 6.92 Å². The molecule has 4 rings (SSSR count). The van der Waals surface area contributed by atoms with Crippen LogP contribution in [0.1, 0.15) is 17.8 Å². The summed E-state index contributed by atoms with van der Waals surface area (Å²) in [6.45, 7) is 1.95. The fourth-order valence-electron chi connectivity index (χ4n) is 3.19. The molecule has 0 aliphatic carbocycles. The zero-order valence-corrected chi connectivity index (χ0v) is 15.3. The van der Waals surface area contributed by atoms with E-state index in [2.05, 4.69) is 9.97 Å². The minimum atomic E-state index is -0.313. The number of carbonyl (C=O) groups is 2. The van der Waals surface area contributed by atoms with Gasteiger partial charge in [-0.3, -0.25) is 9.59 Å². The summed E-state index contributed by atoms with van der Waals surface area (Å²) in [5.74, 6) is 1.41. The Kier molecular flexibility index (Phi) is 4.51. The number of hydrogen-bond donors (Lipinski definition) is 1. The van der Waals surface area contributed by atoms with Crippen LogP contribution < -0.4 is 4.90 Å². The predicted octanol–water partition coefficient (Wildman–Crippen LogP) is 3.48. The third-order valence-electron chi connectivity index (χ3n) is 4.46. The first-order valence-corrected chi connectivity index (χ1v) is 9.65. The van der Waals surface area contributed by atoms with E-state index in [-0.39, 0.29) is 23.5 Å². The molecule has 5 nitrogen and oxygen atoms in total. The highest BCUT2D eigenvalue weighted by Crippen LogP contribution is 2.30. The number of imidazole rings is 1. The van der Waals surface area contributed by atoms with Crippen LogP contribution in [0.2, 0.25) is 0 Å². The van der Waals surface area contributed by atoms with E-state index in [4.69, 9.17) is 0 Å². The summed E-state index contributed by atoms with van der Waals surface area (Å²) in [7, 11) is 0. The summed E-state index contributed by atoms with van der Waals surface area (Å²) >= 11 is 1.53. The van der Waals surface area contributed by atoms with Crippen molar-refractivity contribution in [2.45, 2.75) is 25.0 Å². The summed E-state index contributed by atoms with van der Waals surface area (Å²) in [4.78, 5) is 34.2. The summed E-state index contributed by atoms with van der Waals surface area (Å²) < 4.78 is 0. The van der Waals surface area contributed by atoms with Gasteiger partial charge >= 0.3 is 0 Å². The summed E-state index contributed by atoms with van der Waals surface area (Å²) in [6, 6.07) is 15.4. The third-order valence-corrected chi connectivity index (χ3v) is 5.67. The van der Waals surface area contributed by atoms with Crippen molar-refractivity contribution >= 4 is 40.3 Å². The number of aromatic nitrogens is 2. The number of imide groups is 1. The van der Waals surface area contributed by atoms with E-state index in [1.54, 1.807) is 0 Å². The number of para-hydroxylation sites is 2. The second-order valence-electron chi connectivity index (χ2n) is 6.42. The Morgan fingerprint density at radius 2 is 2.04 bits per heavy atom. The maximum Gasteiger partial charge on any atom is 0.247 e. The van der Waals surface area contributed by atoms with Gasteiger partial charge in [0.1, 0.15) is 5.82 Å². The number of carbonyl (C=O) groups excluding carboxylic acids is 2. The molecular formula is C20H19N3O2S. The normalized spacial score (nSPS) is 17.4. The van der Waals surface area contributed by atoms with E-state index in [0.29, 0.717) is 5.69 Å². The molecule has 0 bridgehead atoms. The van der Waals surface area contributed by atoms with Crippen LogP contribution in [0.25, 0.3) is 11.0 Å². The summed E-state index contributed by atoms with van der Waals surface area (Å²) in [6.07, 6.45) is 0.999. The summed E-state index contributed by atoms with van der Waals surface area (Å²) in [5.41, 5.74) is 3.67. The number of nitrogens with one attached hydrogen (secondary N) is 1. The molecule has 2 heterocycles. The second kappa shape index (κ2) is 6.96. The zero-order valence-electron chi connectivity index (χ0n) is 14.4. The Morgan fingerprint density at radius 1 is 1.19 bits per heavy atom. The molecule has 1 atom stereocenters. The molecule has 1 aliphatic rings. The number of hydrogen-bond acceptors (Lipinski definition) is 4. The topological polar surface area (TPSA) is 66.1 Å². The Morgan fingerprint density at radius 3 is 2.85 bits per heavy atom. The number of benzene rings is 2. The van der Waals surface area contributed by atoms with Crippen molar-refractivity contribution in [3.8, 4) is 0 Å². The van der Waals surface area contributed by atoms with E-state index < -0.39 is 0 Å². The molecule has 1 saturated heterocycles. The minimum Gasteiger partial charge on any atom is -0.342 e. The van der Waals surface area contributed by atoms with Crippen LogP contribution in [0.3, 0.4) is 0 Å². The summed E-state index contributed by atoms with van der Waals surface area (Å²) in [5, 5.41) is -0.313. The maximum atomic E-state index is 12.7. The molecule has 2 aromatic carbocycles. The van der Waals surface area contributed by atoms with Crippen molar-refractivity contribution in [2.24, 2.45) is 0 Å². The molecule has 1 N–H and O–H groups in total. The first kappa shape index (κ1) is 16.8. The number of aryl methyl sites for hydroxylation is 2. The molecule has 0 spiro atoms. The minimum absolute atomic E-state index is 0.116. The van der Waals surface area contributed by atoms with Crippen LogP contribution in [-0.2, 0) is 16.0 Å². The molecule has 1 aromatic heterocycles. The molecular weight excluding hydrogens is 346 g/mol. The van der Waals surface area contributed by atoms with Crippen molar-refractivity contribution in [2.75, 3.05) is 10.7 Å². The van der Waals surface area contributed by atoms with E-state index in [1.807, 2.05) is 55.5 Å². The number of nitrogens with zero attached hydrogens (tertiary/aromatic N) is 2. The fourth-order valence-corrected chi connectivity index (χ4v) is 4.30. The first-order chi connectivity index (χ1) is 12.6. The lowest BCUT2D eigenvalue weighted by Gasteiger charge is -2.15. The SMILES string of the molecule is Cc1cccc(N2C(=O)CC(SCCc3nc4ccccc4[nH]3)C2=O)c1. The molecule has 26 heavy (non-hydrogen) atoms. The van der Waals surface area contributed by atoms with Crippen LogP contribution >= 0.6 is 11.8 Å². The molecule has 6 heteroatoms. The van der Waals surface area contributed by atoms with Gasteiger partial charge in [-0.15, -0.1) is 11.8 Å². The van der Waals surface area contributed by atoms with Gasteiger partial charge in [-0.2, -0.15) is 0 Å². The predicted molar refractivity (Wildman–Crippen MR) is 104 cm³/mol. The highest BCUT2D eigenvalue weighted by atomic mass is 32.2. The smallest absolute Gasteiger partial charge is 0.247 e. The van der Waals surface area contributed by atoms with E-state index >= 15 is 0 Å². The monoisotopic (exact) mass is 365 g/mol. The highest BCUT2D eigenvalue weighted by molar-refractivity contribution is 8.00. The number of aromatic amines is 1. The fraction of sp³-hybridized carbons (Fsp3) is 0.250. The number of thioether (sulfide) groups is 1. The van der Waals surface area contributed by atoms with Crippen LogP contribution in [0.15, 0.2) is 48.5 Å². The van der Waals surface area contributed by atoms with E-state index in [1.165, 1.54) is 16.7 Å². The van der Waals surface area contributed by atoms with Crippen molar-refractivity contribution in [3.63, 3.8) is 0 Å². The lowest BCUT2D eigenvalue weighted by molar-refractivity contribution is -0.121. The molecule has 1 aliphatic heterocycles. The van der Waals surface area contributed by atoms with Crippen molar-refractivity contribution in [3.05, 3.63) is 59.9 Å². The lowest BCUT2D eigenvalue weighted by atomic mass is 10.2. The highest BCUT2D eigenvalue weighted by Gasteiger charge is 2.39. The average molecular weight is 365 g/mol. The van der Waals surface area contributed by atoms with Crippen LogP contribution in [-0.4, -0.2) is 32.8 Å².